The van der Waals surface area contributed by atoms with Crippen LogP contribution in [0.5, 0.6) is 0 Å². The Morgan fingerprint density at radius 3 is 2.90 bits per heavy atom. The number of hydrogen-bond donors (Lipinski definition) is 1. The first-order chi connectivity index (χ1) is 9.50. The Morgan fingerprint density at radius 1 is 1.50 bits per heavy atom. The topological polar surface area (TPSA) is 70.9 Å². The van der Waals surface area contributed by atoms with Gasteiger partial charge in [-0.15, -0.1) is 0 Å². The van der Waals surface area contributed by atoms with Gasteiger partial charge in [0.1, 0.15) is 0 Å². The van der Waals surface area contributed by atoms with Crippen molar-refractivity contribution >= 4 is 23.4 Å². The van der Waals surface area contributed by atoms with E-state index in [2.05, 4.69) is 15.5 Å². The van der Waals surface area contributed by atoms with Crippen molar-refractivity contribution in [3.63, 3.8) is 0 Å². The van der Waals surface area contributed by atoms with E-state index in [1.807, 2.05) is 39.0 Å². The highest BCUT2D eigenvalue weighted by Gasteiger charge is 2.35. The minimum absolute atomic E-state index is 0.0728. The molecule has 0 aromatic heterocycles. The van der Waals surface area contributed by atoms with Gasteiger partial charge in [0.05, 0.1) is 11.4 Å². The van der Waals surface area contributed by atoms with Crippen molar-refractivity contribution in [3.8, 4) is 0 Å². The van der Waals surface area contributed by atoms with Gasteiger partial charge in [-0.3, -0.25) is 4.79 Å². The Bertz CT molecular complexity index is 630. The fraction of sp³-hybridized carbons (Fsp3) is 0.400. The molecular formula is C15H17N3O2. The molecule has 104 valence electrons. The molecule has 20 heavy (non-hydrogen) atoms. The summed E-state index contributed by atoms with van der Waals surface area (Å²) in [7, 11) is 0. The smallest absolute Gasteiger partial charge is 0.241 e. The Labute approximate surface area is 117 Å². The predicted molar refractivity (Wildman–Crippen MR) is 76.7 cm³/mol. The summed E-state index contributed by atoms with van der Waals surface area (Å²) in [5.74, 6) is -0.0728. The number of isocyanates is 1. The van der Waals surface area contributed by atoms with Gasteiger partial charge in [0.2, 0.25) is 12.0 Å². The van der Waals surface area contributed by atoms with Gasteiger partial charge in [-0.2, -0.15) is 10.1 Å². The normalized spacial score (nSPS) is 21.8. The first-order valence-corrected chi connectivity index (χ1v) is 6.56. The fourth-order valence-corrected chi connectivity index (χ4v) is 2.36. The van der Waals surface area contributed by atoms with Gasteiger partial charge >= 0.3 is 0 Å². The number of rotatable bonds is 3. The lowest BCUT2D eigenvalue weighted by atomic mass is 9.75. The van der Waals surface area contributed by atoms with E-state index in [1.165, 1.54) is 0 Å². The molecule has 0 fully saturated rings. The monoisotopic (exact) mass is 271 g/mol. The molecule has 0 bridgehead atoms. The molecule has 1 aliphatic heterocycles. The zero-order valence-electron chi connectivity index (χ0n) is 11.9. The van der Waals surface area contributed by atoms with Crippen LogP contribution in [0.15, 0.2) is 28.3 Å². The lowest BCUT2D eigenvalue weighted by Gasteiger charge is -2.32. The van der Waals surface area contributed by atoms with Crippen molar-refractivity contribution < 1.29 is 9.59 Å². The Balaban J connectivity index is 2.52. The second-order valence-electron chi connectivity index (χ2n) is 5.29. The highest BCUT2D eigenvalue weighted by Crippen LogP contribution is 2.34. The molecular weight excluding hydrogens is 254 g/mol. The van der Waals surface area contributed by atoms with Crippen molar-refractivity contribution in [1.29, 1.82) is 0 Å². The number of aryl methyl sites for hydroxylation is 1. The molecule has 1 aromatic rings. The van der Waals surface area contributed by atoms with E-state index in [9.17, 15) is 9.59 Å². The number of carbonyl (C=O) groups excluding carboxylic acids is 2. The third-order valence-electron chi connectivity index (χ3n) is 3.84. The molecule has 0 saturated heterocycles. The summed E-state index contributed by atoms with van der Waals surface area (Å²) in [6.45, 7) is 5.93. The molecule has 1 aromatic carbocycles. The number of hydrazone groups is 1. The number of aliphatic imine (C=N–C) groups is 1. The average Bonchev–Trinajstić information content (AvgIpc) is 2.42. The second kappa shape index (κ2) is 5.39. The number of benzene rings is 1. The fourth-order valence-electron chi connectivity index (χ4n) is 2.36. The Morgan fingerprint density at radius 2 is 2.25 bits per heavy atom. The molecule has 1 heterocycles. The van der Waals surface area contributed by atoms with Crippen LogP contribution in [-0.2, 0) is 9.59 Å². The van der Waals surface area contributed by atoms with Crippen LogP contribution >= 0.6 is 0 Å². The highest BCUT2D eigenvalue weighted by molar-refractivity contribution is 6.08. The van der Waals surface area contributed by atoms with Gasteiger partial charge in [0.15, 0.2) is 0 Å². The van der Waals surface area contributed by atoms with Crippen LogP contribution < -0.4 is 5.43 Å². The Kier molecular flexibility index (Phi) is 3.81. The maximum absolute atomic E-state index is 11.5. The van der Waals surface area contributed by atoms with Crippen LogP contribution in [0, 0.1) is 12.3 Å². The first kappa shape index (κ1) is 14.2. The van der Waals surface area contributed by atoms with Gasteiger partial charge in [-0.25, -0.2) is 10.2 Å². The lowest BCUT2D eigenvalue weighted by molar-refractivity contribution is -0.123. The Hall–Kier alpha value is -2.26. The molecule has 1 atom stereocenters. The van der Waals surface area contributed by atoms with Gasteiger partial charge in [0, 0.05) is 17.4 Å². The van der Waals surface area contributed by atoms with Crippen molar-refractivity contribution in [2.24, 2.45) is 15.5 Å². The summed E-state index contributed by atoms with van der Waals surface area (Å²) in [5, 5.41) is 4.21. The number of nitrogens with one attached hydrogen (secondary N) is 1. The third kappa shape index (κ3) is 2.53. The summed E-state index contributed by atoms with van der Waals surface area (Å²) in [4.78, 5) is 25.7. The molecule has 1 aliphatic rings. The molecule has 0 radical (unpaired) electrons. The van der Waals surface area contributed by atoms with Crippen molar-refractivity contribution in [2.45, 2.75) is 33.6 Å². The van der Waals surface area contributed by atoms with Gasteiger partial charge in [-0.05, 0) is 25.0 Å². The highest BCUT2D eigenvalue weighted by atomic mass is 16.2. The molecule has 0 spiro atoms. The van der Waals surface area contributed by atoms with Crippen LogP contribution in [0.25, 0.3) is 0 Å². The van der Waals surface area contributed by atoms with E-state index in [1.54, 1.807) is 6.08 Å². The zero-order chi connectivity index (χ0) is 14.8. The molecule has 5 heteroatoms. The zero-order valence-corrected chi connectivity index (χ0v) is 11.9. The molecule has 1 N–H and O–H groups in total. The number of hydrogen-bond acceptors (Lipinski definition) is 4. The van der Waals surface area contributed by atoms with E-state index >= 15 is 0 Å². The predicted octanol–water partition coefficient (Wildman–Crippen LogP) is 2.60. The molecule has 0 saturated carbocycles. The number of nitrogens with zero attached hydrogens (tertiary/aromatic N) is 2. The third-order valence-corrected chi connectivity index (χ3v) is 3.84. The quantitative estimate of drug-likeness (QED) is 0.678. The summed E-state index contributed by atoms with van der Waals surface area (Å²) in [5.41, 5.74) is 5.39. The minimum atomic E-state index is -0.306. The van der Waals surface area contributed by atoms with E-state index in [0.717, 1.165) is 23.3 Å². The van der Waals surface area contributed by atoms with Gasteiger partial charge in [0.25, 0.3) is 0 Å². The first-order valence-electron chi connectivity index (χ1n) is 6.56. The van der Waals surface area contributed by atoms with E-state index < -0.39 is 0 Å². The van der Waals surface area contributed by atoms with Crippen LogP contribution in [0.1, 0.15) is 37.8 Å². The largest absolute Gasteiger partial charge is 0.273 e. The summed E-state index contributed by atoms with van der Waals surface area (Å²) >= 11 is 0. The maximum atomic E-state index is 11.5. The summed E-state index contributed by atoms with van der Waals surface area (Å²) < 4.78 is 0. The van der Waals surface area contributed by atoms with Crippen LogP contribution in [0.4, 0.5) is 5.69 Å². The number of amides is 1. The van der Waals surface area contributed by atoms with E-state index in [-0.39, 0.29) is 11.3 Å². The van der Waals surface area contributed by atoms with Crippen LogP contribution in [0.2, 0.25) is 0 Å². The van der Waals surface area contributed by atoms with Crippen molar-refractivity contribution in [1.82, 2.24) is 5.43 Å². The van der Waals surface area contributed by atoms with E-state index in [0.29, 0.717) is 12.1 Å². The van der Waals surface area contributed by atoms with Crippen molar-refractivity contribution in [3.05, 3.63) is 29.3 Å². The maximum Gasteiger partial charge on any atom is 0.241 e. The molecule has 5 nitrogen and oxygen atoms in total. The van der Waals surface area contributed by atoms with Crippen molar-refractivity contribution in [2.75, 3.05) is 0 Å². The molecule has 0 aliphatic carbocycles. The molecule has 1 unspecified atom stereocenters. The lowest BCUT2D eigenvalue weighted by Crippen LogP contribution is -2.40. The van der Waals surface area contributed by atoms with Gasteiger partial charge < -0.3 is 0 Å². The summed E-state index contributed by atoms with van der Waals surface area (Å²) in [6.07, 6.45) is 2.77. The minimum Gasteiger partial charge on any atom is -0.273 e. The second-order valence-corrected chi connectivity index (χ2v) is 5.29. The van der Waals surface area contributed by atoms with Crippen LogP contribution in [0.3, 0.4) is 0 Å². The van der Waals surface area contributed by atoms with Crippen LogP contribution in [-0.4, -0.2) is 17.7 Å². The SMILES string of the molecule is CCC1(C)CC(=O)NN=C1c1ccc(C)c(N=C=O)c1. The molecule has 2 rings (SSSR count). The molecule has 1 amide bonds. The number of carbonyl (C=O) groups is 1. The standard InChI is InChI=1S/C15H17N3O2/c1-4-15(3)8-13(20)17-18-14(15)11-6-5-10(2)12(7-11)16-9-19/h5-7H,4,8H2,1-3H3,(H,17,20). The average molecular weight is 271 g/mol. The van der Waals surface area contributed by atoms with E-state index in [4.69, 9.17) is 0 Å². The summed E-state index contributed by atoms with van der Waals surface area (Å²) in [6, 6.07) is 5.63. The van der Waals surface area contributed by atoms with Gasteiger partial charge in [-0.1, -0.05) is 26.0 Å².